The van der Waals surface area contributed by atoms with Crippen molar-refractivity contribution in [1.29, 1.82) is 0 Å². The van der Waals surface area contributed by atoms with Crippen molar-refractivity contribution >= 4 is 29.3 Å². The maximum atomic E-state index is 12.8. The summed E-state index contributed by atoms with van der Waals surface area (Å²) in [6.45, 7) is 0.952. The number of aliphatic imine (C=N–C) groups is 1. The number of rotatable bonds is 2. The van der Waals surface area contributed by atoms with Gasteiger partial charge in [0.05, 0.1) is 5.56 Å². The zero-order valence-corrected chi connectivity index (χ0v) is 14.3. The average molecular weight is 373 g/mol. The molecule has 4 N–H and O–H groups in total. The highest BCUT2D eigenvalue weighted by atomic mass is 35.5. The Kier molecular flexibility index (Phi) is 3.87. The van der Waals surface area contributed by atoms with Crippen molar-refractivity contribution < 1.29 is 19.0 Å². The lowest BCUT2D eigenvalue weighted by molar-refractivity contribution is -0.774. The minimum Gasteiger partial charge on any atom is -0.486 e. The van der Waals surface area contributed by atoms with Crippen molar-refractivity contribution in [3.05, 3.63) is 58.6 Å². The largest absolute Gasteiger partial charge is 0.486 e. The summed E-state index contributed by atoms with van der Waals surface area (Å²) in [4.78, 5) is 17.0. The summed E-state index contributed by atoms with van der Waals surface area (Å²) in [6, 6.07) is 11.6. The molecule has 4 rings (SSSR count). The Morgan fingerprint density at radius 2 is 1.88 bits per heavy atom. The van der Waals surface area contributed by atoms with Gasteiger partial charge in [-0.2, -0.15) is 0 Å². The Bertz CT molecular complexity index is 975. The predicted molar refractivity (Wildman–Crippen MR) is 95.8 cm³/mol. The molecule has 26 heavy (non-hydrogen) atoms. The molecule has 132 valence electrons. The normalized spacial score (nSPS) is 21.2. The van der Waals surface area contributed by atoms with E-state index in [4.69, 9.17) is 32.7 Å². The van der Waals surface area contributed by atoms with E-state index in [-0.39, 0.29) is 17.4 Å². The van der Waals surface area contributed by atoms with E-state index >= 15 is 0 Å². The topological polar surface area (TPSA) is 112 Å². The summed E-state index contributed by atoms with van der Waals surface area (Å²) in [7, 11) is 0. The number of carbonyl (C=O) groups excluding carboxylic acids is 1. The van der Waals surface area contributed by atoms with Crippen LogP contribution < -0.4 is 21.1 Å². The summed E-state index contributed by atoms with van der Waals surface area (Å²) in [5, 5.41) is 4.65. The van der Waals surface area contributed by atoms with E-state index in [1.807, 2.05) is 0 Å². The molecule has 0 aliphatic carbocycles. The SMILES string of the molecule is NC1=NC(c2ccc3c(c2)OCCO3)=N[N+]1(N)C(=O)c1cccc(Cl)c1. The highest BCUT2D eigenvalue weighted by molar-refractivity contribution is 6.31. The molecule has 0 saturated heterocycles. The van der Waals surface area contributed by atoms with Gasteiger partial charge >= 0.3 is 11.9 Å². The molecule has 0 spiro atoms. The van der Waals surface area contributed by atoms with Crippen molar-refractivity contribution in [3.8, 4) is 11.5 Å². The first-order valence-electron chi connectivity index (χ1n) is 7.80. The van der Waals surface area contributed by atoms with Crippen LogP contribution in [0, 0.1) is 0 Å². The molecule has 2 heterocycles. The van der Waals surface area contributed by atoms with Gasteiger partial charge in [0.1, 0.15) is 13.2 Å². The van der Waals surface area contributed by atoms with Crippen molar-refractivity contribution in [2.75, 3.05) is 13.2 Å². The summed E-state index contributed by atoms with van der Waals surface area (Å²) < 4.78 is 10.0. The average Bonchev–Trinajstić information content (AvgIpc) is 2.96. The molecular weight excluding hydrogens is 358 g/mol. The van der Waals surface area contributed by atoms with Crippen molar-refractivity contribution in [2.45, 2.75) is 0 Å². The van der Waals surface area contributed by atoms with E-state index < -0.39 is 10.6 Å². The van der Waals surface area contributed by atoms with Gasteiger partial charge in [0.15, 0.2) is 11.5 Å². The second kappa shape index (κ2) is 6.10. The highest BCUT2D eigenvalue weighted by Crippen LogP contribution is 2.32. The van der Waals surface area contributed by atoms with Crippen molar-refractivity contribution in [3.63, 3.8) is 0 Å². The van der Waals surface area contributed by atoms with Gasteiger partial charge in [-0.15, -0.1) is 10.8 Å². The summed E-state index contributed by atoms with van der Waals surface area (Å²) in [6.07, 6.45) is 0. The van der Waals surface area contributed by atoms with Gasteiger partial charge in [0, 0.05) is 15.3 Å². The number of benzene rings is 2. The van der Waals surface area contributed by atoms with Gasteiger partial charge < -0.3 is 15.2 Å². The third kappa shape index (κ3) is 2.70. The second-order valence-electron chi connectivity index (χ2n) is 5.75. The predicted octanol–water partition coefficient (Wildman–Crippen LogP) is 1.63. The lowest BCUT2D eigenvalue weighted by Crippen LogP contribution is -2.60. The van der Waals surface area contributed by atoms with Crippen LogP contribution in [-0.2, 0) is 0 Å². The maximum Gasteiger partial charge on any atom is 0.399 e. The Morgan fingerprint density at radius 1 is 1.12 bits per heavy atom. The van der Waals surface area contributed by atoms with Gasteiger partial charge in [0.25, 0.3) is 0 Å². The molecule has 2 aliphatic heterocycles. The van der Waals surface area contributed by atoms with Crippen LogP contribution in [0.5, 0.6) is 11.5 Å². The van der Waals surface area contributed by atoms with E-state index in [1.165, 1.54) is 6.07 Å². The third-order valence-corrected chi connectivity index (χ3v) is 4.24. The smallest absolute Gasteiger partial charge is 0.399 e. The quantitative estimate of drug-likeness (QED) is 0.472. The van der Waals surface area contributed by atoms with E-state index in [9.17, 15) is 4.79 Å². The molecule has 0 radical (unpaired) electrons. The van der Waals surface area contributed by atoms with Crippen molar-refractivity contribution in [1.82, 2.24) is 0 Å². The van der Waals surface area contributed by atoms with Crippen LogP contribution in [0.25, 0.3) is 0 Å². The summed E-state index contributed by atoms with van der Waals surface area (Å²) >= 11 is 5.95. The lowest BCUT2D eigenvalue weighted by Gasteiger charge is -2.18. The van der Waals surface area contributed by atoms with Crippen LogP contribution in [0.2, 0.25) is 5.02 Å². The number of amidine groups is 1. The molecule has 2 aromatic carbocycles. The Labute approximate surface area is 153 Å². The molecule has 0 aromatic heterocycles. The van der Waals surface area contributed by atoms with Crippen LogP contribution in [0.3, 0.4) is 0 Å². The summed E-state index contributed by atoms with van der Waals surface area (Å²) in [5.74, 6) is 6.91. The van der Waals surface area contributed by atoms with Crippen LogP contribution in [-0.4, -0.2) is 35.6 Å². The monoisotopic (exact) mass is 372 g/mol. The van der Waals surface area contributed by atoms with Crippen LogP contribution in [0.15, 0.2) is 52.6 Å². The molecule has 1 unspecified atom stereocenters. The fraction of sp³-hybridized carbons (Fsp3) is 0.118. The maximum absolute atomic E-state index is 12.8. The number of fused-ring (bicyclic) bond motifs is 1. The zero-order chi connectivity index (χ0) is 18.3. The number of nitrogens with zero attached hydrogens (tertiary/aromatic N) is 3. The van der Waals surface area contributed by atoms with Crippen molar-refractivity contribution in [2.24, 2.45) is 21.7 Å². The molecule has 0 bridgehead atoms. The fourth-order valence-corrected chi connectivity index (χ4v) is 2.87. The van der Waals surface area contributed by atoms with Gasteiger partial charge in [0.2, 0.25) is 5.84 Å². The molecule has 1 amide bonds. The first-order chi connectivity index (χ1) is 12.5. The molecule has 9 heteroatoms. The number of carbonyl (C=O) groups is 1. The van der Waals surface area contributed by atoms with E-state index in [2.05, 4.69) is 10.1 Å². The van der Waals surface area contributed by atoms with Gasteiger partial charge in [-0.25, -0.2) is 4.79 Å². The molecule has 1 atom stereocenters. The molecule has 8 nitrogen and oxygen atoms in total. The lowest BCUT2D eigenvalue weighted by atomic mass is 10.2. The fourth-order valence-electron chi connectivity index (χ4n) is 2.68. The van der Waals surface area contributed by atoms with Gasteiger partial charge in [-0.1, -0.05) is 17.7 Å². The number of amides is 1. The Morgan fingerprint density at radius 3 is 2.65 bits per heavy atom. The third-order valence-electron chi connectivity index (χ3n) is 4.00. The summed E-state index contributed by atoms with van der Waals surface area (Å²) in [5.41, 5.74) is 6.82. The number of nitrogens with two attached hydrogens (primary N) is 2. The number of hydrogen-bond donors (Lipinski definition) is 2. The minimum atomic E-state index is -0.996. The molecular formula is C17H15ClN5O3+. The number of guanidine groups is 1. The van der Waals surface area contributed by atoms with E-state index in [1.54, 1.807) is 36.4 Å². The van der Waals surface area contributed by atoms with Crippen LogP contribution >= 0.6 is 11.6 Å². The second-order valence-corrected chi connectivity index (χ2v) is 6.19. The number of hydrogen-bond acceptors (Lipinski definition) is 7. The molecule has 0 fully saturated rings. The van der Waals surface area contributed by atoms with Crippen LogP contribution in [0.4, 0.5) is 0 Å². The standard InChI is InChI=1S/C17H15ClN5O3/c18-12-3-1-2-11(8-12)16(24)23(20)17(19)21-15(22-23)10-4-5-13-14(9-10)26-7-6-25-13/h1-5,8-9H,6-7,20H2,(H2,19,21,22)/q+1. The Hall–Kier alpha value is -2.94. The van der Waals surface area contributed by atoms with E-state index in [0.29, 0.717) is 35.3 Å². The van der Waals surface area contributed by atoms with Crippen LogP contribution in [0.1, 0.15) is 15.9 Å². The first kappa shape index (κ1) is 16.5. The first-order valence-corrected chi connectivity index (χ1v) is 8.18. The number of quaternary nitrogens is 1. The number of ether oxygens (including phenoxy) is 2. The number of halogens is 1. The zero-order valence-electron chi connectivity index (χ0n) is 13.6. The van der Waals surface area contributed by atoms with Gasteiger partial charge in [-0.3, -0.25) is 0 Å². The molecule has 0 saturated carbocycles. The van der Waals surface area contributed by atoms with Gasteiger partial charge in [-0.05, 0) is 41.5 Å². The molecule has 2 aliphatic rings. The highest BCUT2D eigenvalue weighted by Gasteiger charge is 2.46. The van der Waals surface area contributed by atoms with E-state index in [0.717, 1.165) is 0 Å². The minimum absolute atomic E-state index is 0.139. The Balaban J connectivity index is 1.71. The molecule has 2 aromatic rings.